The number of alkyl halides is 3. The first-order chi connectivity index (χ1) is 13.2. The van der Waals surface area contributed by atoms with Gasteiger partial charge in [-0.3, -0.25) is 0 Å². The van der Waals surface area contributed by atoms with Crippen LogP contribution in [0.2, 0.25) is 0 Å². The zero-order valence-electron chi connectivity index (χ0n) is 15.8. The number of hydrogen-bond donors (Lipinski definition) is 0. The van der Waals surface area contributed by atoms with Crippen molar-refractivity contribution in [2.75, 3.05) is 6.61 Å². The number of carbonyl (C=O) groups excluding carboxylic acids is 1. The van der Waals surface area contributed by atoms with Gasteiger partial charge in [-0.1, -0.05) is 30.3 Å². The lowest BCUT2D eigenvalue weighted by atomic mass is 10.1. The predicted octanol–water partition coefficient (Wildman–Crippen LogP) is 5.96. The van der Waals surface area contributed by atoms with Crippen molar-refractivity contribution in [1.82, 2.24) is 4.57 Å². The first-order valence-electron chi connectivity index (χ1n) is 8.86. The topological polar surface area (TPSA) is 31.2 Å². The zero-order chi connectivity index (χ0) is 20.5. The molecule has 2 aromatic carbocycles. The van der Waals surface area contributed by atoms with Gasteiger partial charge in [0.25, 0.3) is 0 Å². The number of aromatic nitrogens is 1. The highest BCUT2D eigenvalue weighted by atomic mass is 19.4. The number of carbonyl (C=O) groups is 1. The summed E-state index contributed by atoms with van der Waals surface area (Å²) in [5.41, 5.74) is 2.28. The first-order valence-corrected chi connectivity index (χ1v) is 8.86. The molecule has 0 fully saturated rings. The third-order valence-electron chi connectivity index (χ3n) is 4.37. The standard InChI is InChI=1S/C22H20F3NO2/c1-4-28-21(27)19-12-15(3)26(20(19)16-8-6-5-7-9-16)18-11-14(2)10-17(13-18)22(23,24)25/h5-13H,4H2,1-3H3. The second kappa shape index (κ2) is 7.54. The van der Waals surface area contributed by atoms with Crippen LogP contribution in [0.25, 0.3) is 16.9 Å². The molecule has 0 aliphatic carbocycles. The van der Waals surface area contributed by atoms with E-state index in [1.54, 1.807) is 37.5 Å². The summed E-state index contributed by atoms with van der Waals surface area (Å²) in [4.78, 5) is 12.5. The van der Waals surface area contributed by atoms with Gasteiger partial charge in [-0.15, -0.1) is 0 Å². The lowest BCUT2D eigenvalue weighted by Crippen LogP contribution is -2.09. The molecule has 3 nitrogen and oxygen atoms in total. The second-order valence-corrected chi connectivity index (χ2v) is 6.52. The lowest BCUT2D eigenvalue weighted by Gasteiger charge is -2.16. The molecule has 3 aromatic rings. The SMILES string of the molecule is CCOC(=O)c1cc(C)n(-c2cc(C)cc(C(F)(F)F)c2)c1-c1ccccc1. The summed E-state index contributed by atoms with van der Waals surface area (Å²) in [6.07, 6.45) is -4.46. The minimum absolute atomic E-state index is 0.208. The Bertz CT molecular complexity index is 1000. The van der Waals surface area contributed by atoms with Crippen molar-refractivity contribution in [1.29, 1.82) is 0 Å². The van der Waals surface area contributed by atoms with Crippen molar-refractivity contribution in [3.63, 3.8) is 0 Å². The Morgan fingerprint density at radius 3 is 2.32 bits per heavy atom. The Balaban J connectivity index is 2.30. The third-order valence-corrected chi connectivity index (χ3v) is 4.37. The average Bonchev–Trinajstić information content (AvgIpc) is 2.99. The number of aryl methyl sites for hydroxylation is 2. The number of benzene rings is 2. The highest BCUT2D eigenvalue weighted by molar-refractivity contribution is 5.97. The Hall–Kier alpha value is -3.02. The molecule has 0 bridgehead atoms. The molecule has 0 radical (unpaired) electrons. The maximum absolute atomic E-state index is 13.3. The molecule has 1 heterocycles. The monoisotopic (exact) mass is 387 g/mol. The van der Waals surface area contributed by atoms with E-state index < -0.39 is 17.7 Å². The Morgan fingerprint density at radius 1 is 1.04 bits per heavy atom. The quantitative estimate of drug-likeness (QED) is 0.518. The van der Waals surface area contributed by atoms with Gasteiger partial charge in [0.1, 0.15) is 0 Å². The van der Waals surface area contributed by atoms with Crippen LogP contribution < -0.4 is 0 Å². The van der Waals surface area contributed by atoms with E-state index in [-0.39, 0.29) is 6.61 Å². The van der Waals surface area contributed by atoms with Crippen molar-refractivity contribution in [2.45, 2.75) is 26.9 Å². The third kappa shape index (κ3) is 3.81. The summed E-state index contributed by atoms with van der Waals surface area (Å²) in [7, 11) is 0. The van der Waals surface area contributed by atoms with Gasteiger partial charge in [0.05, 0.1) is 23.4 Å². The number of nitrogens with zero attached hydrogens (tertiary/aromatic N) is 1. The van der Waals surface area contributed by atoms with Crippen LogP contribution in [0.15, 0.2) is 54.6 Å². The van der Waals surface area contributed by atoms with E-state index in [0.29, 0.717) is 33.8 Å². The minimum atomic E-state index is -4.46. The fourth-order valence-corrected chi connectivity index (χ4v) is 3.27. The van der Waals surface area contributed by atoms with Crippen LogP contribution in [-0.4, -0.2) is 17.1 Å². The number of rotatable bonds is 4. The van der Waals surface area contributed by atoms with E-state index in [0.717, 1.165) is 12.1 Å². The molecule has 0 amide bonds. The van der Waals surface area contributed by atoms with Crippen LogP contribution >= 0.6 is 0 Å². The Labute approximate surface area is 161 Å². The van der Waals surface area contributed by atoms with Crippen molar-refractivity contribution >= 4 is 5.97 Å². The van der Waals surface area contributed by atoms with Crippen molar-refractivity contribution < 1.29 is 22.7 Å². The molecule has 146 valence electrons. The van der Waals surface area contributed by atoms with Gasteiger partial charge in [-0.05, 0) is 56.2 Å². The Kier molecular flexibility index (Phi) is 5.31. The molecule has 3 rings (SSSR count). The van der Waals surface area contributed by atoms with Gasteiger partial charge in [0, 0.05) is 11.4 Å². The molecule has 0 N–H and O–H groups in total. The summed E-state index contributed by atoms with van der Waals surface area (Å²) in [5, 5.41) is 0. The average molecular weight is 387 g/mol. The molecular formula is C22H20F3NO2. The summed E-state index contributed by atoms with van der Waals surface area (Å²) in [5.74, 6) is -0.507. The van der Waals surface area contributed by atoms with Crippen molar-refractivity contribution in [3.8, 4) is 16.9 Å². The summed E-state index contributed by atoms with van der Waals surface area (Å²) in [6.45, 7) is 5.29. The molecule has 1 aromatic heterocycles. The number of ether oxygens (including phenoxy) is 1. The van der Waals surface area contributed by atoms with E-state index in [2.05, 4.69) is 0 Å². The van der Waals surface area contributed by atoms with Crippen LogP contribution in [0.5, 0.6) is 0 Å². The predicted molar refractivity (Wildman–Crippen MR) is 102 cm³/mol. The molecule has 0 spiro atoms. The van der Waals surface area contributed by atoms with E-state index in [9.17, 15) is 18.0 Å². The van der Waals surface area contributed by atoms with Gasteiger partial charge in [0.15, 0.2) is 0 Å². The fourth-order valence-electron chi connectivity index (χ4n) is 3.27. The van der Waals surface area contributed by atoms with Gasteiger partial charge in [-0.25, -0.2) is 4.79 Å². The fraction of sp³-hybridized carbons (Fsp3) is 0.227. The van der Waals surface area contributed by atoms with Gasteiger partial charge < -0.3 is 9.30 Å². The highest BCUT2D eigenvalue weighted by Gasteiger charge is 2.31. The summed E-state index contributed by atoms with van der Waals surface area (Å²) in [6, 6.07) is 14.6. The van der Waals surface area contributed by atoms with Crippen LogP contribution in [0, 0.1) is 13.8 Å². The number of halogens is 3. The molecule has 0 aliphatic rings. The van der Waals surface area contributed by atoms with Gasteiger partial charge in [0.2, 0.25) is 0 Å². The van der Waals surface area contributed by atoms with Crippen LogP contribution in [-0.2, 0) is 10.9 Å². The first kappa shape index (κ1) is 19.7. The molecule has 0 atom stereocenters. The zero-order valence-corrected chi connectivity index (χ0v) is 15.8. The van der Waals surface area contributed by atoms with Crippen molar-refractivity contribution in [2.24, 2.45) is 0 Å². The van der Waals surface area contributed by atoms with E-state index in [1.807, 2.05) is 30.3 Å². The second-order valence-electron chi connectivity index (χ2n) is 6.52. The lowest BCUT2D eigenvalue weighted by molar-refractivity contribution is -0.137. The van der Waals surface area contributed by atoms with Gasteiger partial charge in [-0.2, -0.15) is 13.2 Å². The maximum atomic E-state index is 13.3. The molecule has 0 unspecified atom stereocenters. The Morgan fingerprint density at radius 2 is 1.71 bits per heavy atom. The molecular weight excluding hydrogens is 367 g/mol. The molecule has 28 heavy (non-hydrogen) atoms. The summed E-state index contributed by atoms with van der Waals surface area (Å²) < 4.78 is 46.8. The molecule has 6 heteroatoms. The van der Waals surface area contributed by atoms with Crippen LogP contribution in [0.3, 0.4) is 0 Å². The number of esters is 1. The molecule has 0 aliphatic heterocycles. The van der Waals surface area contributed by atoms with E-state index >= 15 is 0 Å². The van der Waals surface area contributed by atoms with Crippen LogP contribution in [0.1, 0.15) is 34.1 Å². The highest BCUT2D eigenvalue weighted by Crippen LogP contribution is 2.35. The molecule has 0 saturated heterocycles. The largest absolute Gasteiger partial charge is 0.462 e. The normalized spacial score (nSPS) is 11.5. The van der Waals surface area contributed by atoms with Gasteiger partial charge >= 0.3 is 12.1 Å². The number of hydrogen-bond acceptors (Lipinski definition) is 2. The maximum Gasteiger partial charge on any atom is 0.416 e. The summed E-state index contributed by atoms with van der Waals surface area (Å²) >= 11 is 0. The smallest absolute Gasteiger partial charge is 0.416 e. The van der Waals surface area contributed by atoms with E-state index in [4.69, 9.17) is 4.74 Å². The van der Waals surface area contributed by atoms with Crippen LogP contribution in [0.4, 0.5) is 13.2 Å². The minimum Gasteiger partial charge on any atom is -0.462 e. The van der Waals surface area contributed by atoms with E-state index in [1.165, 1.54) is 0 Å². The molecule has 0 saturated carbocycles. The van der Waals surface area contributed by atoms with Crippen molar-refractivity contribution in [3.05, 3.63) is 77.0 Å².